The van der Waals surface area contributed by atoms with Gasteiger partial charge in [-0.2, -0.15) is 0 Å². The zero-order valence-corrected chi connectivity index (χ0v) is 14.4. The highest BCUT2D eigenvalue weighted by Gasteiger charge is 2.42. The molecule has 0 radical (unpaired) electrons. The van der Waals surface area contributed by atoms with Crippen LogP contribution in [0.15, 0.2) is 53.7 Å². The van der Waals surface area contributed by atoms with E-state index in [0.29, 0.717) is 0 Å². The number of amides is 2. The second-order valence-electron chi connectivity index (χ2n) is 5.74. The van der Waals surface area contributed by atoms with E-state index in [1.807, 2.05) is 42.7 Å². The molecule has 124 valence electrons. The van der Waals surface area contributed by atoms with E-state index in [9.17, 15) is 9.59 Å². The van der Waals surface area contributed by atoms with Gasteiger partial charge in [0.25, 0.3) is 0 Å². The van der Waals surface area contributed by atoms with E-state index in [4.69, 9.17) is 0 Å². The van der Waals surface area contributed by atoms with Gasteiger partial charge in [-0.05, 0) is 30.0 Å². The van der Waals surface area contributed by atoms with Crippen LogP contribution in [0.3, 0.4) is 0 Å². The van der Waals surface area contributed by atoms with Gasteiger partial charge in [-0.1, -0.05) is 18.2 Å². The second-order valence-corrected chi connectivity index (χ2v) is 6.58. The Hall–Kier alpha value is -2.34. The van der Waals surface area contributed by atoms with Crippen molar-refractivity contribution >= 4 is 29.3 Å². The first kappa shape index (κ1) is 16.5. The minimum Gasteiger partial charge on any atom is -0.338 e. The average Bonchev–Trinajstić information content (AvgIpc) is 2.91. The average molecular weight is 341 g/mol. The molecule has 5 nitrogen and oxygen atoms in total. The standard InChI is InChI=1S/C18H19N3O2S/c1-21-16(22)10-13(17(21)12-6-5-9-19-11-12)18(23)20-14-7-3-4-8-15(14)24-2/h3-9,11,13,17H,10H2,1-2H3,(H,20,23)/t13-,17+/m0/s1. The molecule has 0 spiro atoms. The topological polar surface area (TPSA) is 62.3 Å². The Morgan fingerprint density at radius 3 is 2.79 bits per heavy atom. The van der Waals surface area contributed by atoms with Crippen LogP contribution in [-0.2, 0) is 9.59 Å². The number of pyridine rings is 1. The van der Waals surface area contributed by atoms with Gasteiger partial charge in [0.05, 0.1) is 17.6 Å². The number of carbonyl (C=O) groups excluding carboxylic acids is 2. The Bertz CT molecular complexity index is 751. The molecule has 1 saturated heterocycles. The molecule has 1 aliphatic rings. The molecule has 2 heterocycles. The van der Waals surface area contributed by atoms with Gasteiger partial charge in [-0.15, -0.1) is 11.8 Å². The molecule has 0 aliphatic carbocycles. The number of nitrogens with one attached hydrogen (secondary N) is 1. The van der Waals surface area contributed by atoms with Gasteiger partial charge in [-0.3, -0.25) is 14.6 Å². The summed E-state index contributed by atoms with van der Waals surface area (Å²) in [7, 11) is 1.74. The Morgan fingerprint density at radius 1 is 1.29 bits per heavy atom. The zero-order valence-electron chi connectivity index (χ0n) is 13.6. The van der Waals surface area contributed by atoms with Gasteiger partial charge in [0.15, 0.2) is 0 Å². The lowest BCUT2D eigenvalue weighted by Crippen LogP contribution is -2.30. The maximum absolute atomic E-state index is 12.8. The number of anilines is 1. The number of benzene rings is 1. The fourth-order valence-corrected chi connectivity index (χ4v) is 3.64. The summed E-state index contributed by atoms with van der Waals surface area (Å²) in [5.41, 5.74) is 1.66. The van der Waals surface area contributed by atoms with Crippen LogP contribution in [0.25, 0.3) is 0 Å². The van der Waals surface area contributed by atoms with Crippen LogP contribution in [0.1, 0.15) is 18.0 Å². The number of hydrogen-bond acceptors (Lipinski definition) is 4. The number of carbonyl (C=O) groups is 2. The molecule has 0 saturated carbocycles. The van der Waals surface area contributed by atoms with Crippen molar-refractivity contribution in [3.8, 4) is 0 Å². The predicted molar refractivity (Wildman–Crippen MR) is 94.7 cm³/mol. The minimum absolute atomic E-state index is 0.0258. The summed E-state index contributed by atoms with van der Waals surface area (Å²) < 4.78 is 0. The lowest BCUT2D eigenvalue weighted by atomic mass is 9.94. The molecular formula is C18H19N3O2S. The highest BCUT2D eigenvalue weighted by Crippen LogP contribution is 2.37. The molecule has 24 heavy (non-hydrogen) atoms. The number of nitrogens with zero attached hydrogens (tertiary/aromatic N) is 2. The first-order chi connectivity index (χ1) is 11.6. The van der Waals surface area contributed by atoms with Crippen molar-refractivity contribution in [2.24, 2.45) is 5.92 Å². The minimum atomic E-state index is -0.429. The van der Waals surface area contributed by atoms with Gasteiger partial charge in [-0.25, -0.2) is 0 Å². The highest BCUT2D eigenvalue weighted by molar-refractivity contribution is 7.98. The van der Waals surface area contributed by atoms with Gasteiger partial charge in [0.1, 0.15) is 0 Å². The molecule has 3 rings (SSSR count). The van der Waals surface area contributed by atoms with Gasteiger partial charge in [0.2, 0.25) is 11.8 Å². The van der Waals surface area contributed by atoms with E-state index in [-0.39, 0.29) is 24.3 Å². The van der Waals surface area contributed by atoms with Gasteiger partial charge in [0, 0.05) is 30.8 Å². The molecule has 1 N–H and O–H groups in total. The Kier molecular flexibility index (Phi) is 4.85. The van der Waals surface area contributed by atoms with Gasteiger partial charge < -0.3 is 10.2 Å². The lowest BCUT2D eigenvalue weighted by molar-refractivity contribution is -0.127. The highest BCUT2D eigenvalue weighted by atomic mass is 32.2. The van der Waals surface area contributed by atoms with Crippen LogP contribution in [-0.4, -0.2) is 35.0 Å². The van der Waals surface area contributed by atoms with Crippen LogP contribution in [0, 0.1) is 5.92 Å². The predicted octanol–water partition coefficient (Wildman–Crippen LogP) is 2.96. The lowest BCUT2D eigenvalue weighted by Gasteiger charge is -2.24. The van der Waals surface area contributed by atoms with Crippen LogP contribution in [0.4, 0.5) is 5.69 Å². The van der Waals surface area contributed by atoms with Crippen molar-refractivity contribution in [2.45, 2.75) is 17.4 Å². The number of thioether (sulfide) groups is 1. The number of para-hydroxylation sites is 1. The van der Waals surface area contributed by atoms with Crippen LogP contribution < -0.4 is 5.32 Å². The van der Waals surface area contributed by atoms with Gasteiger partial charge >= 0.3 is 0 Å². The molecule has 2 amide bonds. The maximum atomic E-state index is 12.8. The fourth-order valence-electron chi connectivity index (χ4n) is 3.09. The number of hydrogen-bond donors (Lipinski definition) is 1. The smallest absolute Gasteiger partial charge is 0.230 e. The van der Waals surface area contributed by atoms with Crippen molar-refractivity contribution in [2.75, 3.05) is 18.6 Å². The summed E-state index contributed by atoms with van der Waals surface area (Å²) in [4.78, 5) is 31.8. The Balaban J connectivity index is 1.86. The molecule has 2 atom stereocenters. The first-order valence-electron chi connectivity index (χ1n) is 7.71. The molecular weight excluding hydrogens is 322 g/mol. The quantitative estimate of drug-likeness (QED) is 0.869. The molecule has 1 aromatic heterocycles. The largest absolute Gasteiger partial charge is 0.338 e. The molecule has 1 fully saturated rings. The summed E-state index contributed by atoms with van der Waals surface area (Å²) in [6.45, 7) is 0. The Morgan fingerprint density at radius 2 is 2.08 bits per heavy atom. The fraction of sp³-hybridized carbons (Fsp3) is 0.278. The Labute approximate surface area is 145 Å². The van der Waals surface area contributed by atoms with Crippen molar-refractivity contribution < 1.29 is 9.59 Å². The van der Waals surface area contributed by atoms with E-state index < -0.39 is 5.92 Å². The molecule has 1 aromatic carbocycles. The second kappa shape index (κ2) is 7.05. The van der Waals surface area contributed by atoms with Crippen molar-refractivity contribution in [1.82, 2.24) is 9.88 Å². The first-order valence-corrected chi connectivity index (χ1v) is 8.93. The van der Waals surface area contributed by atoms with Crippen molar-refractivity contribution in [3.63, 3.8) is 0 Å². The number of likely N-dealkylation sites (tertiary alicyclic amines) is 1. The number of rotatable bonds is 4. The SMILES string of the molecule is CSc1ccccc1NC(=O)[C@H]1CC(=O)N(C)[C@@H]1c1cccnc1. The van der Waals surface area contributed by atoms with Crippen molar-refractivity contribution in [3.05, 3.63) is 54.4 Å². The number of aromatic nitrogens is 1. The summed E-state index contributed by atoms with van der Waals surface area (Å²) in [6.07, 6.45) is 5.58. The van der Waals surface area contributed by atoms with E-state index in [2.05, 4.69) is 10.3 Å². The van der Waals surface area contributed by atoms with Crippen LogP contribution >= 0.6 is 11.8 Å². The van der Waals surface area contributed by atoms with E-state index >= 15 is 0 Å². The van der Waals surface area contributed by atoms with Crippen LogP contribution in [0.2, 0.25) is 0 Å². The normalized spacial score (nSPS) is 20.2. The summed E-state index contributed by atoms with van der Waals surface area (Å²) in [6, 6.07) is 11.1. The maximum Gasteiger partial charge on any atom is 0.230 e. The van der Waals surface area contributed by atoms with E-state index in [1.165, 1.54) is 0 Å². The van der Waals surface area contributed by atoms with Crippen LogP contribution in [0.5, 0.6) is 0 Å². The third kappa shape index (κ3) is 3.14. The monoisotopic (exact) mass is 341 g/mol. The molecule has 0 unspecified atom stereocenters. The zero-order chi connectivity index (χ0) is 17.1. The molecule has 6 heteroatoms. The molecule has 2 aromatic rings. The van der Waals surface area contributed by atoms with E-state index in [1.54, 1.807) is 36.1 Å². The molecule has 1 aliphatic heterocycles. The van der Waals surface area contributed by atoms with E-state index in [0.717, 1.165) is 16.1 Å². The third-order valence-corrected chi connectivity index (χ3v) is 5.11. The third-order valence-electron chi connectivity index (χ3n) is 4.31. The summed E-state index contributed by atoms with van der Waals surface area (Å²) in [5, 5.41) is 2.99. The summed E-state index contributed by atoms with van der Waals surface area (Å²) in [5.74, 6) is -0.591. The molecule has 0 bridgehead atoms. The summed E-state index contributed by atoms with van der Waals surface area (Å²) >= 11 is 1.58. The van der Waals surface area contributed by atoms with Crippen molar-refractivity contribution in [1.29, 1.82) is 0 Å².